The molecule has 0 bridgehead atoms. The van der Waals surface area contributed by atoms with E-state index in [1.54, 1.807) is 12.1 Å². The molecule has 5 heteroatoms. The highest BCUT2D eigenvalue weighted by Crippen LogP contribution is 2.28. The first-order valence-corrected chi connectivity index (χ1v) is 7.32. The predicted octanol–water partition coefficient (Wildman–Crippen LogP) is 4.71. The van der Waals surface area contributed by atoms with E-state index < -0.39 is 0 Å². The molecule has 0 heterocycles. The van der Waals surface area contributed by atoms with Crippen molar-refractivity contribution >= 4 is 17.1 Å². The van der Waals surface area contributed by atoms with Gasteiger partial charge in [-0.25, -0.2) is 0 Å². The second-order valence-electron chi connectivity index (χ2n) is 5.22. The highest BCUT2D eigenvalue weighted by molar-refractivity contribution is 5.64. The molecule has 0 amide bonds. The lowest BCUT2D eigenvalue weighted by Gasteiger charge is -2.03. The maximum atomic E-state index is 9.17. The summed E-state index contributed by atoms with van der Waals surface area (Å²) in [6, 6.07) is 15.3. The van der Waals surface area contributed by atoms with E-state index in [0.717, 1.165) is 18.4 Å². The first kappa shape index (κ1) is 16.2. The average Bonchev–Trinajstić information content (AvgIpc) is 2.55. The fourth-order valence-corrected chi connectivity index (χ4v) is 2.23. The summed E-state index contributed by atoms with van der Waals surface area (Å²) in [6.45, 7) is 1.85. The van der Waals surface area contributed by atoms with Crippen LogP contribution in [0.2, 0.25) is 0 Å². The van der Waals surface area contributed by atoms with Crippen molar-refractivity contribution in [3.8, 4) is 12.1 Å². The van der Waals surface area contributed by atoms with Crippen LogP contribution in [0.5, 0.6) is 0 Å². The van der Waals surface area contributed by atoms with Gasteiger partial charge in [-0.15, -0.1) is 5.11 Å². The van der Waals surface area contributed by atoms with Crippen LogP contribution in [-0.4, -0.2) is 0 Å². The quantitative estimate of drug-likeness (QED) is 0.492. The molecule has 0 fully saturated rings. The van der Waals surface area contributed by atoms with Gasteiger partial charge >= 0.3 is 0 Å². The molecule has 2 aromatic rings. The van der Waals surface area contributed by atoms with Crippen LogP contribution in [0.4, 0.5) is 17.1 Å². The third kappa shape index (κ3) is 4.39. The molecule has 0 radical (unpaired) electrons. The number of benzene rings is 2. The van der Waals surface area contributed by atoms with Crippen LogP contribution in [0.3, 0.4) is 0 Å². The van der Waals surface area contributed by atoms with Crippen molar-refractivity contribution in [2.75, 3.05) is 5.73 Å². The molecular weight excluding hydrogens is 286 g/mol. The summed E-state index contributed by atoms with van der Waals surface area (Å²) in [6.07, 6.45) is 2.29. The maximum Gasteiger partial charge on any atom is 0.106 e. The summed E-state index contributed by atoms with van der Waals surface area (Å²) in [5.74, 6) is 0. The molecule has 0 aliphatic carbocycles. The molecule has 23 heavy (non-hydrogen) atoms. The van der Waals surface area contributed by atoms with Gasteiger partial charge in [-0.1, -0.05) is 12.1 Å². The molecule has 0 saturated heterocycles. The van der Waals surface area contributed by atoms with E-state index in [0.29, 0.717) is 29.0 Å². The zero-order valence-corrected chi connectivity index (χ0v) is 13.0. The van der Waals surface area contributed by atoms with E-state index >= 15 is 0 Å². The van der Waals surface area contributed by atoms with Crippen LogP contribution in [0.15, 0.2) is 46.6 Å². The van der Waals surface area contributed by atoms with Gasteiger partial charge in [0.25, 0.3) is 0 Å². The van der Waals surface area contributed by atoms with Crippen molar-refractivity contribution < 1.29 is 0 Å². The number of nitriles is 2. The summed E-state index contributed by atoms with van der Waals surface area (Å²) in [7, 11) is 0. The second-order valence-corrected chi connectivity index (χ2v) is 5.22. The molecule has 0 atom stereocenters. The molecule has 2 N–H and O–H groups in total. The van der Waals surface area contributed by atoms with Gasteiger partial charge in [-0.3, -0.25) is 0 Å². The number of unbranched alkanes of at least 4 members (excludes halogenated alkanes) is 1. The highest BCUT2D eigenvalue weighted by Gasteiger charge is 2.06. The predicted molar refractivity (Wildman–Crippen MR) is 89.5 cm³/mol. The number of hydrogen-bond donors (Lipinski definition) is 1. The number of azo groups is 1. The monoisotopic (exact) mass is 303 g/mol. The van der Waals surface area contributed by atoms with E-state index in [4.69, 9.17) is 11.0 Å². The molecular formula is C18H17N5. The number of nitrogen functional groups attached to an aromatic ring is 1. The van der Waals surface area contributed by atoms with Gasteiger partial charge in [-0.05, 0) is 55.2 Å². The highest BCUT2D eigenvalue weighted by atomic mass is 15.1. The van der Waals surface area contributed by atoms with E-state index in [1.807, 2.05) is 31.2 Å². The number of nitrogens with zero attached hydrogens (tertiary/aromatic N) is 4. The van der Waals surface area contributed by atoms with Crippen molar-refractivity contribution in [2.45, 2.75) is 26.2 Å². The van der Waals surface area contributed by atoms with Gasteiger partial charge in [0.15, 0.2) is 0 Å². The van der Waals surface area contributed by atoms with Gasteiger partial charge in [0, 0.05) is 12.1 Å². The Morgan fingerprint density at radius 2 is 1.83 bits per heavy atom. The lowest BCUT2D eigenvalue weighted by Crippen LogP contribution is -1.89. The summed E-state index contributed by atoms with van der Waals surface area (Å²) < 4.78 is 0. The Morgan fingerprint density at radius 3 is 2.48 bits per heavy atom. The molecule has 0 unspecified atom stereocenters. The minimum absolute atomic E-state index is 0.416. The first-order valence-electron chi connectivity index (χ1n) is 7.32. The SMILES string of the molecule is Cc1cc(N)cc(C#N)c1N=Nc1ccc(CCCC#N)cc1. The number of rotatable bonds is 5. The minimum Gasteiger partial charge on any atom is -0.399 e. The van der Waals surface area contributed by atoms with Gasteiger partial charge in [-0.2, -0.15) is 15.6 Å². The van der Waals surface area contributed by atoms with Crippen LogP contribution in [-0.2, 0) is 6.42 Å². The molecule has 0 aromatic heterocycles. The number of anilines is 1. The van der Waals surface area contributed by atoms with Crippen LogP contribution in [0, 0.1) is 29.6 Å². The normalized spacial score (nSPS) is 10.4. The fourth-order valence-electron chi connectivity index (χ4n) is 2.23. The van der Waals surface area contributed by atoms with Crippen molar-refractivity contribution in [1.82, 2.24) is 0 Å². The largest absolute Gasteiger partial charge is 0.399 e. The van der Waals surface area contributed by atoms with Crippen LogP contribution in [0.25, 0.3) is 0 Å². The Morgan fingerprint density at radius 1 is 1.09 bits per heavy atom. The lowest BCUT2D eigenvalue weighted by molar-refractivity contribution is 0.850. The third-order valence-corrected chi connectivity index (χ3v) is 3.40. The summed E-state index contributed by atoms with van der Waals surface area (Å²) in [4.78, 5) is 0. The molecule has 0 saturated carbocycles. The van der Waals surface area contributed by atoms with Crippen molar-refractivity contribution in [2.24, 2.45) is 10.2 Å². The molecule has 0 aliphatic heterocycles. The summed E-state index contributed by atoms with van der Waals surface area (Å²) in [5, 5.41) is 26.1. The van der Waals surface area contributed by atoms with Gasteiger partial charge < -0.3 is 5.73 Å². The maximum absolute atomic E-state index is 9.17. The lowest BCUT2D eigenvalue weighted by atomic mass is 10.1. The first-order chi connectivity index (χ1) is 11.1. The minimum atomic E-state index is 0.416. The molecule has 0 spiro atoms. The topological polar surface area (TPSA) is 98.3 Å². The van der Waals surface area contributed by atoms with Crippen molar-refractivity contribution in [1.29, 1.82) is 10.5 Å². The zero-order valence-electron chi connectivity index (χ0n) is 13.0. The van der Waals surface area contributed by atoms with E-state index in [9.17, 15) is 5.26 Å². The standard InChI is InChI=1S/C18H17N5/c1-13-10-16(21)11-15(12-20)18(13)23-22-17-7-5-14(6-8-17)4-2-3-9-19/h5-8,10-11H,2-4,21H2,1H3. The Hall–Kier alpha value is -3.18. The summed E-state index contributed by atoms with van der Waals surface area (Å²) in [5.41, 5.74) is 9.94. The third-order valence-electron chi connectivity index (χ3n) is 3.40. The van der Waals surface area contributed by atoms with Gasteiger partial charge in [0.05, 0.1) is 17.3 Å². The Balaban J connectivity index is 2.15. The Kier molecular flexibility index (Phi) is 5.44. The molecule has 5 nitrogen and oxygen atoms in total. The van der Waals surface area contributed by atoms with Gasteiger partial charge in [0.2, 0.25) is 0 Å². The van der Waals surface area contributed by atoms with E-state index in [-0.39, 0.29) is 0 Å². The van der Waals surface area contributed by atoms with Crippen molar-refractivity contribution in [3.63, 3.8) is 0 Å². The zero-order chi connectivity index (χ0) is 16.7. The van der Waals surface area contributed by atoms with Crippen LogP contribution in [0.1, 0.15) is 29.5 Å². The molecule has 2 aromatic carbocycles. The summed E-state index contributed by atoms with van der Waals surface area (Å²) >= 11 is 0. The number of nitrogens with two attached hydrogens (primary N) is 1. The molecule has 2 rings (SSSR count). The molecule has 114 valence electrons. The van der Waals surface area contributed by atoms with E-state index in [1.165, 1.54) is 5.56 Å². The second kappa shape index (κ2) is 7.72. The number of aryl methyl sites for hydroxylation is 2. The average molecular weight is 303 g/mol. The Bertz CT molecular complexity index is 792. The van der Waals surface area contributed by atoms with Gasteiger partial charge in [0.1, 0.15) is 11.8 Å². The van der Waals surface area contributed by atoms with Crippen LogP contribution < -0.4 is 5.73 Å². The van der Waals surface area contributed by atoms with Crippen molar-refractivity contribution in [3.05, 3.63) is 53.1 Å². The molecule has 0 aliphatic rings. The van der Waals surface area contributed by atoms with E-state index in [2.05, 4.69) is 22.4 Å². The smallest absolute Gasteiger partial charge is 0.106 e. The van der Waals surface area contributed by atoms with Crippen LogP contribution >= 0.6 is 0 Å². The fraction of sp³-hybridized carbons (Fsp3) is 0.222. The Labute approximate surface area is 135 Å². The number of hydrogen-bond acceptors (Lipinski definition) is 5.